The molecule has 0 aliphatic carbocycles. The van der Waals surface area contributed by atoms with E-state index in [9.17, 15) is 9.59 Å². The van der Waals surface area contributed by atoms with Crippen LogP contribution in [0.3, 0.4) is 0 Å². The van der Waals surface area contributed by atoms with Gasteiger partial charge in [-0.25, -0.2) is 4.79 Å². The minimum absolute atomic E-state index is 0.0144. The van der Waals surface area contributed by atoms with Crippen molar-refractivity contribution in [2.24, 2.45) is 11.7 Å². The Hall–Kier alpha value is -1.14. The third kappa shape index (κ3) is 6.36. The smallest absolute Gasteiger partial charge is 0.332 e. The molecule has 0 aromatic carbocycles. The first kappa shape index (κ1) is 14.9. The zero-order valence-corrected chi connectivity index (χ0v) is 9.48. The van der Waals surface area contributed by atoms with Gasteiger partial charge in [0.1, 0.15) is 0 Å². The fourth-order valence-corrected chi connectivity index (χ4v) is 1.20. The van der Waals surface area contributed by atoms with Gasteiger partial charge in [0.05, 0.1) is 0 Å². The molecule has 0 radical (unpaired) electrons. The second-order valence-corrected chi connectivity index (χ2v) is 3.71. The normalized spacial score (nSPS) is 14.2. The lowest BCUT2D eigenvalue weighted by Crippen LogP contribution is -2.32. The van der Waals surface area contributed by atoms with Crippen LogP contribution in [0.4, 0.5) is 0 Å². The van der Waals surface area contributed by atoms with Crippen molar-refractivity contribution in [2.45, 2.75) is 32.3 Å². The summed E-state index contributed by atoms with van der Waals surface area (Å²) >= 11 is 0. The first-order chi connectivity index (χ1) is 7.51. The topological polar surface area (TPSA) is 113 Å². The molecule has 0 aromatic heterocycles. The number of nitrogens with one attached hydrogen (secondary N) is 1. The summed E-state index contributed by atoms with van der Waals surface area (Å²) in [5.41, 5.74) is 5.45. The van der Waals surface area contributed by atoms with Crippen LogP contribution in [0.5, 0.6) is 0 Å². The first-order valence-corrected chi connectivity index (χ1v) is 5.38. The van der Waals surface area contributed by atoms with E-state index in [2.05, 4.69) is 5.32 Å². The van der Waals surface area contributed by atoms with E-state index in [0.717, 1.165) is 6.42 Å². The molecule has 0 saturated carbocycles. The Morgan fingerprint density at radius 1 is 1.44 bits per heavy atom. The van der Waals surface area contributed by atoms with Gasteiger partial charge in [0.2, 0.25) is 5.91 Å². The van der Waals surface area contributed by atoms with E-state index < -0.39 is 12.1 Å². The standard InChI is InChI=1S/C10H20N2O4/c1-2-7(6-11)5-9(14)12-4-3-8(13)10(15)16/h7-8,13H,2-6,11H2,1H3,(H,12,14)(H,15,16)/t7?,8-/m0/s1. The zero-order chi connectivity index (χ0) is 12.6. The van der Waals surface area contributed by atoms with E-state index in [1.165, 1.54) is 0 Å². The lowest BCUT2D eigenvalue weighted by atomic mass is 10.0. The van der Waals surface area contributed by atoms with Gasteiger partial charge in [-0.1, -0.05) is 13.3 Å². The molecule has 0 aliphatic heterocycles. The van der Waals surface area contributed by atoms with E-state index in [1.807, 2.05) is 6.92 Å². The predicted octanol–water partition coefficient (Wildman–Crippen LogP) is -0.687. The van der Waals surface area contributed by atoms with Crippen LogP contribution in [0.15, 0.2) is 0 Å². The van der Waals surface area contributed by atoms with Crippen molar-refractivity contribution in [3.8, 4) is 0 Å². The maximum absolute atomic E-state index is 11.3. The molecule has 6 nitrogen and oxygen atoms in total. The number of aliphatic hydroxyl groups excluding tert-OH is 1. The van der Waals surface area contributed by atoms with Gasteiger partial charge in [-0.15, -0.1) is 0 Å². The van der Waals surface area contributed by atoms with Crippen LogP contribution >= 0.6 is 0 Å². The monoisotopic (exact) mass is 232 g/mol. The molecule has 2 atom stereocenters. The van der Waals surface area contributed by atoms with Crippen molar-refractivity contribution in [3.63, 3.8) is 0 Å². The molecule has 1 unspecified atom stereocenters. The molecular formula is C10H20N2O4. The number of carbonyl (C=O) groups is 2. The van der Waals surface area contributed by atoms with Crippen LogP contribution in [-0.2, 0) is 9.59 Å². The number of hydrogen-bond donors (Lipinski definition) is 4. The van der Waals surface area contributed by atoms with Crippen molar-refractivity contribution >= 4 is 11.9 Å². The highest BCUT2D eigenvalue weighted by Gasteiger charge is 2.14. The van der Waals surface area contributed by atoms with Crippen LogP contribution in [-0.4, -0.2) is 41.3 Å². The van der Waals surface area contributed by atoms with E-state index in [-0.39, 0.29) is 24.8 Å². The third-order valence-electron chi connectivity index (χ3n) is 2.41. The SMILES string of the molecule is CCC(CN)CC(=O)NCC[C@H](O)C(=O)O. The molecule has 0 saturated heterocycles. The van der Waals surface area contributed by atoms with Crippen LogP contribution in [0.2, 0.25) is 0 Å². The summed E-state index contributed by atoms with van der Waals surface area (Å²) in [4.78, 5) is 21.6. The Balaban J connectivity index is 3.69. The Morgan fingerprint density at radius 3 is 2.50 bits per heavy atom. The van der Waals surface area contributed by atoms with E-state index in [4.69, 9.17) is 15.9 Å². The maximum atomic E-state index is 11.3. The second kappa shape index (κ2) is 8.06. The van der Waals surface area contributed by atoms with Crippen LogP contribution in [0.1, 0.15) is 26.2 Å². The largest absolute Gasteiger partial charge is 0.479 e. The average molecular weight is 232 g/mol. The van der Waals surface area contributed by atoms with E-state index >= 15 is 0 Å². The minimum Gasteiger partial charge on any atom is -0.479 e. The Labute approximate surface area is 94.8 Å². The van der Waals surface area contributed by atoms with Gasteiger partial charge in [-0.2, -0.15) is 0 Å². The van der Waals surface area contributed by atoms with Crippen molar-refractivity contribution < 1.29 is 19.8 Å². The lowest BCUT2D eigenvalue weighted by Gasteiger charge is -2.12. The van der Waals surface area contributed by atoms with Gasteiger partial charge in [-0.05, 0) is 12.5 Å². The summed E-state index contributed by atoms with van der Waals surface area (Å²) in [5.74, 6) is -1.28. The van der Waals surface area contributed by atoms with Crippen LogP contribution in [0.25, 0.3) is 0 Å². The fraction of sp³-hybridized carbons (Fsp3) is 0.800. The summed E-state index contributed by atoms with van der Waals surface area (Å²) in [5, 5.41) is 19.9. The number of carboxylic acids is 1. The number of rotatable bonds is 8. The molecule has 16 heavy (non-hydrogen) atoms. The highest BCUT2D eigenvalue weighted by Crippen LogP contribution is 2.05. The van der Waals surface area contributed by atoms with Gasteiger partial charge in [0, 0.05) is 19.4 Å². The molecule has 0 rings (SSSR count). The van der Waals surface area contributed by atoms with Gasteiger partial charge in [0.25, 0.3) is 0 Å². The van der Waals surface area contributed by atoms with Crippen molar-refractivity contribution in [1.82, 2.24) is 5.32 Å². The quantitative estimate of drug-likeness (QED) is 0.442. The zero-order valence-electron chi connectivity index (χ0n) is 9.48. The summed E-state index contributed by atoms with van der Waals surface area (Å²) in [7, 11) is 0. The van der Waals surface area contributed by atoms with Gasteiger partial charge >= 0.3 is 5.97 Å². The number of nitrogens with two attached hydrogens (primary N) is 1. The molecule has 6 heteroatoms. The molecule has 1 amide bonds. The average Bonchev–Trinajstić information content (AvgIpc) is 2.25. The molecule has 0 aliphatic rings. The third-order valence-corrected chi connectivity index (χ3v) is 2.41. The van der Waals surface area contributed by atoms with Crippen LogP contribution in [0, 0.1) is 5.92 Å². The summed E-state index contributed by atoms with van der Waals surface area (Å²) in [6.45, 7) is 2.58. The highest BCUT2D eigenvalue weighted by molar-refractivity contribution is 5.76. The number of aliphatic carboxylic acids is 1. The Bertz CT molecular complexity index is 229. The van der Waals surface area contributed by atoms with Gasteiger partial charge in [-0.3, -0.25) is 4.79 Å². The minimum atomic E-state index is -1.42. The van der Waals surface area contributed by atoms with E-state index in [1.54, 1.807) is 0 Å². The molecule has 0 heterocycles. The maximum Gasteiger partial charge on any atom is 0.332 e. The summed E-state index contributed by atoms with van der Waals surface area (Å²) in [6, 6.07) is 0. The lowest BCUT2D eigenvalue weighted by molar-refractivity contribution is -0.147. The van der Waals surface area contributed by atoms with Crippen LogP contribution < -0.4 is 11.1 Å². The molecule has 94 valence electrons. The highest BCUT2D eigenvalue weighted by atomic mass is 16.4. The van der Waals surface area contributed by atoms with E-state index in [0.29, 0.717) is 13.0 Å². The fourth-order valence-electron chi connectivity index (χ4n) is 1.20. The Kier molecular flexibility index (Phi) is 7.49. The summed E-state index contributed by atoms with van der Waals surface area (Å²) in [6.07, 6.45) is -0.227. The summed E-state index contributed by atoms with van der Waals surface area (Å²) < 4.78 is 0. The number of aliphatic hydroxyl groups is 1. The number of carboxylic acid groups (broad SMARTS) is 1. The first-order valence-electron chi connectivity index (χ1n) is 5.38. The predicted molar refractivity (Wildman–Crippen MR) is 58.7 cm³/mol. The molecule has 5 N–H and O–H groups in total. The second-order valence-electron chi connectivity index (χ2n) is 3.71. The van der Waals surface area contributed by atoms with Crippen molar-refractivity contribution in [2.75, 3.05) is 13.1 Å². The molecule has 0 spiro atoms. The molecule has 0 bridgehead atoms. The van der Waals surface area contributed by atoms with Gasteiger partial charge in [0.15, 0.2) is 6.10 Å². The number of hydrogen-bond acceptors (Lipinski definition) is 4. The number of carbonyl (C=O) groups excluding carboxylic acids is 1. The Morgan fingerprint density at radius 2 is 2.06 bits per heavy atom. The molecule has 0 aromatic rings. The number of amides is 1. The molecule has 0 fully saturated rings. The van der Waals surface area contributed by atoms with Gasteiger partial charge < -0.3 is 21.3 Å². The molecular weight excluding hydrogens is 212 g/mol. The van der Waals surface area contributed by atoms with Crippen molar-refractivity contribution in [1.29, 1.82) is 0 Å². The van der Waals surface area contributed by atoms with Crippen molar-refractivity contribution in [3.05, 3.63) is 0 Å².